The minimum absolute atomic E-state index is 0.319. The van der Waals surface area contributed by atoms with Crippen LogP contribution in [0.1, 0.15) is 18.5 Å². The summed E-state index contributed by atoms with van der Waals surface area (Å²) in [7, 11) is 1.95. The zero-order chi connectivity index (χ0) is 14.2. The molecule has 2 rings (SSSR count). The second-order valence-corrected chi connectivity index (χ2v) is 4.59. The van der Waals surface area contributed by atoms with Crippen LogP contribution in [-0.2, 0) is 0 Å². The van der Waals surface area contributed by atoms with Crippen molar-refractivity contribution in [2.24, 2.45) is 0 Å². The summed E-state index contributed by atoms with van der Waals surface area (Å²) in [6.07, 6.45) is 0. The highest BCUT2D eigenvalue weighted by Gasteiger charge is 2.03. The quantitative estimate of drug-likeness (QED) is 0.783. The number of para-hydroxylation sites is 1. The maximum atomic E-state index is 5.71. The third-order valence-electron chi connectivity index (χ3n) is 3.16. The molecular weight excluding hydrogens is 250 g/mol. The fraction of sp³-hybridized carbons (Fsp3) is 0.294. The second kappa shape index (κ2) is 7.56. The molecule has 1 atom stereocenters. The van der Waals surface area contributed by atoms with Gasteiger partial charge in [0.05, 0.1) is 0 Å². The molecule has 20 heavy (non-hydrogen) atoms. The molecule has 2 aromatic carbocycles. The predicted octanol–water partition coefficient (Wildman–Crippen LogP) is 3.42. The number of hydrogen-bond donors (Lipinski definition) is 1. The van der Waals surface area contributed by atoms with Crippen molar-refractivity contribution in [1.82, 2.24) is 5.32 Å². The summed E-state index contributed by atoms with van der Waals surface area (Å²) in [5, 5.41) is 3.22. The van der Waals surface area contributed by atoms with Crippen LogP contribution in [-0.4, -0.2) is 20.3 Å². The zero-order valence-corrected chi connectivity index (χ0v) is 12.0. The average Bonchev–Trinajstić information content (AvgIpc) is 2.52. The predicted molar refractivity (Wildman–Crippen MR) is 81.3 cm³/mol. The third kappa shape index (κ3) is 4.28. The Balaban J connectivity index is 1.79. The van der Waals surface area contributed by atoms with E-state index in [4.69, 9.17) is 9.47 Å². The van der Waals surface area contributed by atoms with E-state index in [1.807, 2.05) is 49.5 Å². The van der Waals surface area contributed by atoms with E-state index in [0.717, 1.165) is 11.5 Å². The summed E-state index contributed by atoms with van der Waals surface area (Å²) < 4.78 is 11.3. The van der Waals surface area contributed by atoms with Gasteiger partial charge in [-0.1, -0.05) is 30.3 Å². The van der Waals surface area contributed by atoms with Crippen LogP contribution in [0.3, 0.4) is 0 Å². The molecule has 0 fully saturated rings. The first-order valence-electron chi connectivity index (χ1n) is 6.87. The van der Waals surface area contributed by atoms with Crippen LogP contribution in [0.25, 0.3) is 0 Å². The Labute approximate surface area is 120 Å². The highest BCUT2D eigenvalue weighted by atomic mass is 16.5. The number of rotatable bonds is 7. The average molecular weight is 271 g/mol. The highest BCUT2D eigenvalue weighted by molar-refractivity contribution is 5.30. The summed E-state index contributed by atoms with van der Waals surface area (Å²) in [5.41, 5.74) is 1.22. The molecule has 1 N–H and O–H groups in total. The van der Waals surface area contributed by atoms with E-state index in [-0.39, 0.29) is 0 Å². The van der Waals surface area contributed by atoms with Gasteiger partial charge in [0.2, 0.25) is 0 Å². The molecule has 1 unspecified atom stereocenters. The van der Waals surface area contributed by atoms with Crippen molar-refractivity contribution in [3.8, 4) is 11.5 Å². The Morgan fingerprint density at radius 1 is 0.900 bits per heavy atom. The molecule has 0 aromatic heterocycles. The van der Waals surface area contributed by atoms with E-state index in [1.165, 1.54) is 5.56 Å². The van der Waals surface area contributed by atoms with Crippen LogP contribution >= 0.6 is 0 Å². The molecule has 0 radical (unpaired) electrons. The minimum Gasteiger partial charge on any atom is -0.490 e. The number of nitrogens with one attached hydrogen (secondary N) is 1. The number of hydrogen-bond acceptors (Lipinski definition) is 3. The SMILES string of the molecule is CNC(C)c1cccc(OCCOc2ccccc2)c1. The molecule has 0 aliphatic rings. The van der Waals surface area contributed by atoms with Crippen LogP contribution in [0.4, 0.5) is 0 Å². The van der Waals surface area contributed by atoms with Crippen LogP contribution in [0.15, 0.2) is 54.6 Å². The van der Waals surface area contributed by atoms with Crippen LogP contribution in [0.2, 0.25) is 0 Å². The largest absolute Gasteiger partial charge is 0.490 e. The van der Waals surface area contributed by atoms with Crippen molar-refractivity contribution in [2.45, 2.75) is 13.0 Å². The molecule has 106 valence electrons. The molecular formula is C17H21NO2. The van der Waals surface area contributed by atoms with Gasteiger partial charge in [-0.25, -0.2) is 0 Å². The molecule has 3 nitrogen and oxygen atoms in total. The molecule has 0 amide bonds. The Kier molecular flexibility index (Phi) is 5.44. The smallest absolute Gasteiger partial charge is 0.122 e. The van der Waals surface area contributed by atoms with E-state index in [9.17, 15) is 0 Å². The van der Waals surface area contributed by atoms with E-state index in [0.29, 0.717) is 19.3 Å². The lowest BCUT2D eigenvalue weighted by molar-refractivity contribution is 0.217. The Morgan fingerprint density at radius 2 is 1.55 bits per heavy atom. The lowest BCUT2D eigenvalue weighted by Gasteiger charge is -2.13. The van der Waals surface area contributed by atoms with Crippen molar-refractivity contribution in [3.63, 3.8) is 0 Å². The Hall–Kier alpha value is -2.00. The summed E-state index contributed by atoms with van der Waals surface area (Å²) in [5.74, 6) is 1.75. The molecule has 0 spiro atoms. The van der Waals surface area contributed by atoms with E-state index in [2.05, 4.69) is 24.4 Å². The van der Waals surface area contributed by atoms with Crippen molar-refractivity contribution in [3.05, 3.63) is 60.2 Å². The first-order valence-corrected chi connectivity index (χ1v) is 6.87. The molecule has 0 saturated carbocycles. The van der Waals surface area contributed by atoms with Crippen LogP contribution < -0.4 is 14.8 Å². The van der Waals surface area contributed by atoms with Gasteiger partial charge in [-0.2, -0.15) is 0 Å². The van der Waals surface area contributed by atoms with E-state index in [1.54, 1.807) is 0 Å². The first kappa shape index (κ1) is 14.4. The first-order chi connectivity index (χ1) is 9.79. The van der Waals surface area contributed by atoms with Gasteiger partial charge in [-0.05, 0) is 43.8 Å². The van der Waals surface area contributed by atoms with Crippen LogP contribution in [0.5, 0.6) is 11.5 Å². The highest BCUT2D eigenvalue weighted by Crippen LogP contribution is 2.18. The fourth-order valence-corrected chi connectivity index (χ4v) is 1.88. The lowest BCUT2D eigenvalue weighted by atomic mass is 10.1. The Morgan fingerprint density at radius 3 is 2.25 bits per heavy atom. The van der Waals surface area contributed by atoms with Gasteiger partial charge in [0.1, 0.15) is 24.7 Å². The molecule has 2 aromatic rings. The summed E-state index contributed by atoms with van der Waals surface area (Å²) in [6, 6.07) is 18.2. The number of ether oxygens (including phenoxy) is 2. The van der Waals surface area contributed by atoms with Gasteiger partial charge in [0, 0.05) is 6.04 Å². The summed E-state index contributed by atoms with van der Waals surface area (Å²) in [6.45, 7) is 3.19. The van der Waals surface area contributed by atoms with Crippen molar-refractivity contribution in [2.75, 3.05) is 20.3 Å². The van der Waals surface area contributed by atoms with Gasteiger partial charge in [-0.15, -0.1) is 0 Å². The topological polar surface area (TPSA) is 30.5 Å². The third-order valence-corrected chi connectivity index (χ3v) is 3.16. The summed E-state index contributed by atoms with van der Waals surface area (Å²) >= 11 is 0. The second-order valence-electron chi connectivity index (χ2n) is 4.59. The molecule has 3 heteroatoms. The van der Waals surface area contributed by atoms with Crippen molar-refractivity contribution >= 4 is 0 Å². The minimum atomic E-state index is 0.319. The molecule has 0 aliphatic heterocycles. The normalized spacial score (nSPS) is 11.9. The van der Waals surface area contributed by atoms with Gasteiger partial charge >= 0.3 is 0 Å². The standard InChI is InChI=1S/C17H21NO2/c1-14(18-2)15-7-6-10-17(13-15)20-12-11-19-16-8-4-3-5-9-16/h3-10,13-14,18H,11-12H2,1-2H3. The van der Waals surface area contributed by atoms with Crippen LogP contribution in [0, 0.1) is 0 Å². The van der Waals surface area contributed by atoms with E-state index >= 15 is 0 Å². The zero-order valence-electron chi connectivity index (χ0n) is 12.0. The fourth-order valence-electron chi connectivity index (χ4n) is 1.88. The van der Waals surface area contributed by atoms with Gasteiger partial charge in [-0.3, -0.25) is 0 Å². The van der Waals surface area contributed by atoms with E-state index < -0.39 is 0 Å². The lowest BCUT2D eigenvalue weighted by Crippen LogP contribution is -2.13. The van der Waals surface area contributed by atoms with Crippen molar-refractivity contribution in [1.29, 1.82) is 0 Å². The monoisotopic (exact) mass is 271 g/mol. The maximum Gasteiger partial charge on any atom is 0.122 e. The molecule has 0 bridgehead atoms. The maximum absolute atomic E-state index is 5.71. The van der Waals surface area contributed by atoms with Gasteiger partial charge < -0.3 is 14.8 Å². The van der Waals surface area contributed by atoms with Crippen molar-refractivity contribution < 1.29 is 9.47 Å². The molecule has 0 heterocycles. The van der Waals surface area contributed by atoms with Gasteiger partial charge in [0.15, 0.2) is 0 Å². The molecule has 0 saturated heterocycles. The molecule has 0 aliphatic carbocycles. The van der Waals surface area contributed by atoms with Gasteiger partial charge in [0.25, 0.3) is 0 Å². The number of benzene rings is 2. The Bertz CT molecular complexity index is 513. The summed E-state index contributed by atoms with van der Waals surface area (Å²) in [4.78, 5) is 0.